The Balaban J connectivity index is 2.21. The minimum absolute atomic E-state index is 0.671. The topological polar surface area (TPSA) is 52.0 Å². The Bertz CT molecular complexity index is 601. The molecule has 19 heavy (non-hydrogen) atoms. The van der Waals surface area contributed by atoms with E-state index in [4.69, 9.17) is 5.26 Å². The zero-order chi connectivity index (χ0) is 13.7. The maximum absolute atomic E-state index is 8.93. The maximum Gasteiger partial charge on any atom is 0.130 e. The highest BCUT2D eigenvalue weighted by Crippen LogP contribution is 2.19. The third-order valence-electron chi connectivity index (χ3n) is 2.95. The molecule has 4 heteroatoms. The number of anilines is 2. The number of hydrogen-bond acceptors (Lipinski definition) is 4. The van der Waals surface area contributed by atoms with E-state index in [1.165, 1.54) is 0 Å². The highest BCUT2D eigenvalue weighted by Gasteiger charge is 2.06. The highest BCUT2D eigenvalue weighted by molar-refractivity contribution is 5.53. The second kappa shape index (κ2) is 5.87. The highest BCUT2D eigenvalue weighted by atomic mass is 15.1. The van der Waals surface area contributed by atoms with E-state index >= 15 is 0 Å². The summed E-state index contributed by atoms with van der Waals surface area (Å²) < 4.78 is 0. The molecule has 0 aliphatic rings. The van der Waals surface area contributed by atoms with Crippen LogP contribution in [-0.2, 0) is 6.54 Å². The molecule has 0 unspecified atom stereocenters. The summed E-state index contributed by atoms with van der Waals surface area (Å²) in [6.45, 7) is 0.735. The van der Waals surface area contributed by atoms with Crippen molar-refractivity contribution in [3.05, 3.63) is 53.7 Å². The van der Waals surface area contributed by atoms with Gasteiger partial charge >= 0.3 is 0 Å². The Kier molecular flexibility index (Phi) is 3.99. The Hall–Kier alpha value is -2.54. The van der Waals surface area contributed by atoms with Crippen LogP contribution < -0.4 is 10.2 Å². The lowest BCUT2D eigenvalue weighted by Gasteiger charge is -2.20. The molecule has 1 N–H and O–H groups in total. The van der Waals surface area contributed by atoms with Gasteiger partial charge < -0.3 is 10.2 Å². The minimum atomic E-state index is 0.671. The van der Waals surface area contributed by atoms with Gasteiger partial charge in [-0.25, -0.2) is 4.98 Å². The van der Waals surface area contributed by atoms with Crippen LogP contribution in [0.3, 0.4) is 0 Å². The molecule has 2 aromatic rings. The smallest absolute Gasteiger partial charge is 0.130 e. The summed E-state index contributed by atoms with van der Waals surface area (Å²) >= 11 is 0. The van der Waals surface area contributed by atoms with Crippen LogP contribution in [-0.4, -0.2) is 19.1 Å². The fraction of sp³-hybridized carbons (Fsp3) is 0.200. The third-order valence-corrected chi connectivity index (χ3v) is 2.95. The number of nitrogens with one attached hydrogen (secondary N) is 1. The van der Waals surface area contributed by atoms with Crippen LogP contribution in [0.15, 0.2) is 42.6 Å². The monoisotopic (exact) mass is 252 g/mol. The van der Waals surface area contributed by atoms with Gasteiger partial charge in [0.05, 0.1) is 11.6 Å². The zero-order valence-corrected chi connectivity index (χ0v) is 11.1. The second-order valence-corrected chi connectivity index (χ2v) is 4.28. The molecule has 0 aliphatic carbocycles. The van der Waals surface area contributed by atoms with E-state index < -0.39 is 0 Å². The molecule has 1 aromatic heterocycles. The van der Waals surface area contributed by atoms with Gasteiger partial charge in [0.15, 0.2) is 0 Å². The van der Waals surface area contributed by atoms with Crippen LogP contribution in [0.25, 0.3) is 0 Å². The van der Waals surface area contributed by atoms with Crippen molar-refractivity contribution in [2.24, 2.45) is 0 Å². The lowest BCUT2D eigenvalue weighted by molar-refractivity contribution is 0.916. The number of nitriles is 1. The fourth-order valence-electron chi connectivity index (χ4n) is 1.95. The molecule has 0 spiro atoms. The van der Waals surface area contributed by atoms with E-state index in [1.54, 1.807) is 12.3 Å². The molecule has 4 nitrogen and oxygen atoms in total. The van der Waals surface area contributed by atoms with Crippen LogP contribution >= 0.6 is 0 Å². The second-order valence-electron chi connectivity index (χ2n) is 4.28. The predicted molar refractivity (Wildman–Crippen MR) is 77.0 cm³/mol. The molecule has 1 heterocycles. The lowest BCUT2D eigenvalue weighted by Crippen LogP contribution is -2.17. The van der Waals surface area contributed by atoms with Crippen molar-refractivity contribution in [2.75, 3.05) is 24.3 Å². The Morgan fingerprint density at radius 1 is 1.32 bits per heavy atom. The van der Waals surface area contributed by atoms with Crippen LogP contribution in [0, 0.1) is 11.3 Å². The first-order valence-electron chi connectivity index (χ1n) is 6.07. The van der Waals surface area contributed by atoms with Gasteiger partial charge in [-0.15, -0.1) is 0 Å². The van der Waals surface area contributed by atoms with Crippen molar-refractivity contribution in [1.82, 2.24) is 4.98 Å². The molecule has 0 atom stereocenters. The van der Waals surface area contributed by atoms with Crippen molar-refractivity contribution in [1.29, 1.82) is 5.26 Å². The van der Waals surface area contributed by atoms with E-state index in [2.05, 4.69) is 21.3 Å². The van der Waals surface area contributed by atoms with E-state index in [0.29, 0.717) is 5.56 Å². The van der Waals surface area contributed by atoms with E-state index in [1.807, 2.05) is 44.4 Å². The molecule has 1 aromatic carbocycles. The van der Waals surface area contributed by atoms with Crippen molar-refractivity contribution in [3.8, 4) is 6.07 Å². The molecule has 0 aliphatic heterocycles. The van der Waals surface area contributed by atoms with E-state index in [-0.39, 0.29) is 0 Å². The summed E-state index contributed by atoms with van der Waals surface area (Å²) in [7, 11) is 3.87. The number of benzene rings is 1. The van der Waals surface area contributed by atoms with Crippen molar-refractivity contribution in [2.45, 2.75) is 6.54 Å². The first-order valence-corrected chi connectivity index (χ1v) is 6.07. The van der Waals surface area contributed by atoms with Gasteiger partial charge in [0.2, 0.25) is 0 Å². The molecule has 2 rings (SSSR count). The van der Waals surface area contributed by atoms with Crippen molar-refractivity contribution in [3.63, 3.8) is 0 Å². The molecule has 0 bridgehead atoms. The standard InChI is InChI=1S/C15H16N4/c1-17-15-13(6-4-8-18-15)11-19(2)14-7-3-5-12(9-14)10-16/h3-9H,11H2,1-2H3,(H,17,18). The van der Waals surface area contributed by atoms with Gasteiger partial charge in [-0.1, -0.05) is 12.1 Å². The SMILES string of the molecule is CNc1ncccc1CN(C)c1cccc(C#N)c1. The van der Waals surface area contributed by atoms with Gasteiger partial charge in [0.25, 0.3) is 0 Å². The quantitative estimate of drug-likeness (QED) is 0.908. The summed E-state index contributed by atoms with van der Waals surface area (Å²) in [5.74, 6) is 0.880. The zero-order valence-electron chi connectivity index (χ0n) is 11.1. The third kappa shape index (κ3) is 3.02. The van der Waals surface area contributed by atoms with Crippen LogP contribution in [0.4, 0.5) is 11.5 Å². The van der Waals surface area contributed by atoms with E-state index in [9.17, 15) is 0 Å². The van der Waals surface area contributed by atoms with Gasteiger partial charge in [0, 0.05) is 38.1 Å². The summed E-state index contributed by atoms with van der Waals surface area (Å²) in [5.41, 5.74) is 2.81. The van der Waals surface area contributed by atoms with Gasteiger partial charge in [-0.05, 0) is 24.3 Å². The minimum Gasteiger partial charge on any atom is -0.373 e. The molecule has 0 saturated heterocycles. The molecule has 0 amide bonds. The Labute approximate surface area is 113 Å². The first kappa shape index (κ1) is 12.9. The average Bonchev–Trinajstić information content (AvgIpc) is 2.47. The Morgan fingerprint density at radius 2 is 2.16 bits per heavy atom. The summed E-state index contributed by atoms with van der Waals surface area (Å²) in [5, 5.41) is 12.0. The van der Waals surface area contributed by atoms with Gasteiger partial charge in [-0.3, -0.25) is 0 Å². The molecular weight excluding hydrogens is 236 g/mol. The largest absolute Gasteiger partial charge is 0.373 e. The molecule has 0 radical (unpaired) electrons. The maximum atomic E-state index is 8.93. The van der Waals surface area contributed by atoms with Gasteiger partial charge in [0.1, 0.15) is 5.82 Å². The normalized spacial score (nSPS) is 9.74. The summed E-state index contributed by atoms with van der Waals surface area (Å²) in [4.78, 5) is 6.38. The molecule has 0 saturated carbocycles. The summed E-state index contributed by atoms with van der Waals surface area (Å²) in [6.07, 6.45) is 1.77. The Morgan fingerprint density at radius 3 is 2.89 bits per heavy atom. The number of pyridine rings is 1. The summed E-state index contributed by atoms with van der Waals surface area (Å²) in [6, 6.07) is 13.7. The average molecular weight is 252 g/mol. The van der Waals surface area contributed by atoms with Crippen LogP contribution in [0.2, 0.25) is 0 Å². The van der Waals surface area contributed by atoms with Gasteiger partial charge in [-0.2, -0.15) is 5.26 Å². The molecule has 0 fully saturated rings. The number of nitrogens with zero attached hydrogens (tertiary/aromatic N) is 3. The number of hydrogen-bond donors (Lipinski definition) is 1. The predicted octanol–water partition coefficient (Wildman–Crippen LogP) is 2.63. The first-order chi connectivity index (χ1) is 9.24. The van der Waals surface area contributed by atoms with Crippen molar-refractivity contribution >= 4 is 11.5 Å². The fourth-order valence-corrected chi connectivity index (χ4v) is 1.95. The van der Waals surface area contributed by atoms with Crippen LogP contribution in [0.5, 0.6) is 0 Å². The lowest BCUT2D eigenvalue weighted by atomic mass is 10.2. The molecular formula is C15H16N4. The van der Waals surface area contributed by atoms with E-state index in [0.717, 1.165) is 23.6 Å². The van der Waals surface area contributed by atoms with Crippen LogP contribution in [0.1, 0.15) is 11.1 Å². The number of aromatic nitrogens is 1. The molecule has 96 valence electrons. The van der Waals surface area contributed by atoms with Crippen molar-refractivity contribution < 1.29 is 0 Å². The number of rotatable bonds is 4.